The Morgan fingerprint density at radius 2 is 2.05 bits per heavy atom. The first-order valence-corrected chi connectivity index (χ1v) is 5.83. The summed E-state index contributed by atoms with van der Waals surface area (Å²) in [5, 5.41) is 15.4. The van der Waals surface area contributed by atoms with E-state index in [9.17, 15) is 9.59 Å². The lowest BCUT2D eigenvalue weighted by atomic mass is 10.3. The van der Waals surface area contributed by atoms with Crippen molar-refractivity contribution in [1.82, 2.24) is 15.1 Å². The molecule has 0 aliphatic rings. The number of aromatic carboxylic acids is 1. The van der Waals surface area contributed by atoms with Gasteiger partial charge in [0, 0.05) is 7.05 Å². The topological polar surface area (TPSA) is 93.5 Å². The Labute approximate surface area is 114 Å². The van der Waals surface area contributed by atoms with E-state index in [4.69, 9.17) is 9.84 Å². The van der Waals surface area contributed by atoms with E-state index in [-0.39, 0.29) is 24.0 Å². The van der Waals surface area contributed by atoms with Gasteiger partial charge in [0.15, 0.2) is 12.4 Å². The van der Waals surface area contributed by atoms with Crippen molar-refractivity contribution in [3.05, 3.63) is 42.2 Å². The zero-order chi connectivity index (χ0) is 14.5. The summed E-state index contributed by atoms with van der Waals surface area (Å²) in [6.45, 7) is -0.267. The van der Waals surface area contributed by atoms with Crippen molar-refractivity contribution in [3.8, 4) is 11.4 Å². The molecule has 0 spiro atoms. The van der Waals surface area contributed by atoms with Crippen LogP contribution in [0.15, 0.2) is 36.5 Å². The summed E-state index contributed by atoms with van der Waals surface area (Å²) in [7, 11) is 1.47. The van der Waals surface area contributed by atoms with E-state index < -0.39 is 5.97 Å². The van der Waals surface area contributed by atoms with Crippen LogP contribution < -0.4 is 10.1 Å². The van der Waals surface area contributed by atoms with Crippen LogP contribution in [-0.4, -0.2) is 40.4 Å². The quantitative estimate of drug-likeness (QED) is 0.837. The highest BCUT2D eigenvalue weighted by molar-refractivity contribution is 5.88. The monoisotopic (exact) mass is 275 g/mol. The van der Waals surface area contributed by atoms with Crippen molar-refractivity contribution < 1.29 is 19.4 Å². The molecule has 0 aliphatic heterocycles. The third kappa shape index (κ3) is 2.94. The van der Waals surface area contributed by atoms with E-state index in [0.29, 0.717) is 5.69 Å². The Kier molecular flexibility index (Phi) is 3.99. The third-order valence-electron chi connectivity index (χ3n) is 2.54. The second kappa shape index (κ2) is 5.87. The van der Waals surface area contributed by atoms with Crippen LogP contribution in [0, 0.1) is 0 Å². The van der Waals surface area contributed by atoms with Gasteiger partial charge in [-0.3, -0.25) is 4.79 Å². The number of carboxylic acid groups (broad SMARTS) is 1. The van der Waals surface area contributed by atoms with Gasteiger partial charge in [0.2, 0.25) is 5.69 Å². The van der Waals surface area contributed by atoms with Gasteiger partial charge in [-0.2, -0.15) is 5.10 Å². The second-order valence-electron chi connectivity index (χ2n) is 3.89. The summed E-state index contributed by atoms with van der Waals surface area (Å²) >= 11 is 0. The molecule has 1 aromatic heterocycles. The fourth-order valence-corrected chi connectivity index (χ4v) is 1.54. The van der Waals surface area contributed by atoms with Crippen molar-refractivity contribution in [3.63, 3.8) is 0 Å². The molecule has 7 nitrogen and oxygen atoms in total. The minimum atomic E-state index is -1.22. The lowest BCUT2D eigenvalue weighted by molar-refractivity contribution is -0.122. The fourth-order valence-electron chi connectivity index (χ4n) is 1.54. The number of ether oxygens (including phenoxy) is 1. The average molecular weight is 275 g/mol. The van der Waals surface area contributed by atoms with Gasteiger partial charge in [-0.25, -0.2) is 9.48 Å². The highest BCUT2D eigenvalue weighted by atomic mass is 16.5. The first kappa shape index (κ1) is 13.6. The molecule has 0 saturated carbocycles. The Morgan fingerprint density at radius 1 is 1.35 bits per heavy atom. The standard InChI is InChI=1S/C13H13N3O4/c1-14-11(17)8-20-10-7-16(15-12(10)13(18)19)9-5-3-2-4-6-9/h2-7H,8H2,1H3,(H,14,17)(H,18,19). The van der Waals surface area contributed by atoms with Gasteiger partial charge in [-0.15, -0.1) is 0 Å². The van der Waals surface area contributed by atoms with Crippen molar-refractivity contribution >= 4 is 11.9 Å². The molecule has 0 atom stereocenters. The molecule has 2 rings (SSSR count). The molecule has 0 aliphatic carbocycles. The number of carboxylic acids is 1. The zero-order valence-electron chi connectivity index (χ0n) is 10.7. The molecular weight excluding hydrogens is 262 g/mol. The number of hydrogen-bond acceptors (Lipinski definition) is 4. The fraction of sp³-hybridized carbons (Fsp3) is 0.154. The van der Waals surface area contributed by atoms with E-state index in [2.05, 4.69) is 10.4 Å². The number of aromatic nitrogens is 2. The molecule has 1 amide bonds. The average Bonchev–Trinajstić information content (AvgIpc) is 2.90. The number of carbonyl (C=O) groups is 2. The smallest absolute Gasteiger partial charge is 0.360 e. The minimum absolute atomic E-state index is 0.0463. The van der Waals surface area contributed by atoms with Crippen molar-refractivity contribution in [2.75, 3.05) is 13.7 Å². The van der Waals surface area contributed by atoms with Crippen LogP contribution in [0.1, 0.15) is 10.5 Å². The van der Waals surface area contributed by atoms with Crippen LogP contribution in [0.4, 0.5) is 0 Å². The number of para-hydroxylation sites is 1. The Hall–Kier alpha value is -2.83. The SMILES string of the molecule is CNC(=O)COc1cn(-c2ccccc2)nc1C(=O)O. The molecule has 1 aromatic carbocycles. The molecule has 0 fully saturated rings. The number of amides is 1. The molecule has 20 heavy (non-hydrogen) atoms. The van der Waals surface area contributed by atoms with Crippen LogP contribution in [0.25, 0.3) is 5.69 Å². The first-order valence-electron chi connectivity index (χ1n) is 5.83. The minimum Gasteiger partial charge on any atom is -0.480 e. The van der Waals surface area contributed by atoms with Crippen LogP contribution in [0.3, 0.4) is 0 Å². The van der Waals surface area contributed by atoms with Crippen LogP contribution >= 0.6 is 0 Å². The maximum absolute atomic E-state index is 11.1. The number of likely N-dealkylation sites (N-methyl/N-ethyl adjacent to an activating group) is 1. The maximum Gasteiger partial charge on any atom is 0.360 e. The molecule has 0 unspecified atom stereocenters. The number of nitrogens with one attached hydrogen (secondary N) is 1. The van der Waals surface area contributed by atoms with Crippen molar-refractivity contribution in [2.24, 2.45) is 0 Å². The zero-order valence-corrected chi connectivity index (χ0v) is 10.7. The van der Waals surface area contributed by atoms with E-state index in [1.54, 1.807) is 12.1 Å². The summed E-state index contributed by atoms with van der Waals surface area (Å²) in [5.41, 5.74) is 0.461. The van der Waals surface area contributed by atoms with Gasteiger partial charge in [0.1, 0.15) is 0 Å². The summed E-state index contributed by atoms with van der Waals surface area (Å²) in [5.74, 6) is -1.52. The summed E-state index contributed by atoms with van der Waals surface area (Å²) < 4.78 is 6.57. The molecule has 0 bridgehead atoms. The highest BCUT2D eigenvalue weighted by Crippen LogP contribution is 2.19. The highest BCUT2D eigenvalue weighted by Gasteiger charge is 2.18. The second-order valence-corrected chi connectivity index (χ2v) is 3.89. The van der Waals surface area contributed by atoms with Crippen LogP contribution in [-0.2, 0) is 4.79 Å². The first-order chi connectivity index (χ1) is 9.61. The van der Waals surface area contributed by atoms with Crippen LogP contribution in [0.2, 0.25) is 0 Å². The molecule has 1 heterocycles. The molecule has 0 saturated heterocycles. The van der Waals surface area contributed by atoms with Gasteiger partial charge in [-0.1, -0.05) is 18.2 Å². The number of benzene rings is 1. The maximum atomic E-state index is 11.1. The summed E-state index contributed by atoms with van der Waals surface area (Å²) in [4.78, 5) is 22.3. The van der Waals surface area contributed by atoms with Gasteiger partial charge in [0.25, 0.3) is 5.91 Å². The number of carbonyl (C=O) groups excluding carboxylic acids is 1. The predicted octanol–water partition coefficient (Wildman–Crippen LogP) is 0.695. The van der Waals surface area contributed by atoms with Gasteiger partial charge < -0.3 is 15.2 Å². The Balaban J connectivity index is 2.29. The molecule has 2 N–H and O–H groups in total. The largest absolute Gasteiger partial charge is 0.480 e. The molecule has 104 valence electrons. The summed E-state index contributed by atoms with van der Waals surface area (Å²) in [6, 6.07) is 9.02. The van der Waals surface area contributed by atoms with E-state index in [0.717, 1.165) is 0 Å². The van der Waals surface area contributed by atoms with Gasteiger partial charge in [0.05, 0.1) is 11.9 Å². The van der Waals surface area contributed by atoms with Crippen LogP contribution in [0.5, 0.6) is 5.75 Å². The lowest BCUT2D eigenvalue weighted by Crippen LogP contribution is -2.25. The summed E-state index contributed by atoms with van der Waals surface area (Å²) in [6.07, 6.45) is 1.43. The third-order valence-corrected chi connectivity index (χ3v) is 2.54. The van der Waals surface area contributed by atoms with E-state index >= 15 is 0 Å². The van der Waals surface area contributed by atoms with Crippen molar-refractivity contribution in [1.29, 1.82) is 0 Å². The normalized spacial score (nSPS) is 10.1. The predicted molar refractivity (Wildman–Crippen MR) is 70.1 cm³/mol. The van der Waals surface area contributed by atoms with E-state index in [1.165, 1.54) is 17.9 Å². The molecule has 7 heteroatoms. The Bertz CT molecular complexity index is 622. The number of rotatable bonds is 5. The number of hydrogen-bond donors (Lipinski definition) is 2. The number of nitrogens with zero attached hydrogens (tertiary/aromatic N) is 2. The molecule has 2 aromatic rings. The van der Waals surface area contributed by atoms with Crippen molar-refractivity contribution in [2.45, 2.75) is 0 Å². The van der Waals surface area contributed by atoms with Gasteiger partial charge in [-0.05, 0) is 12.1 Å². The Morgan fingerprint density at radius 3 is 2.65 bits per heavy atom. The lowest BCUT2D eigenvalue weighted by Gasteiger charge is -2.02. The van der Waals surface area contributed by atoms with E-state index in [1.807, 2.05) is 18.2 Å². The molecular formula is C13H13N3O4. The molecule has 0 radical (unpaired) electrons. The van der Waals surface area contributed by atoms with Gasteiger partial charge >= 0.3 is 5.97 Å².